The molecule has 0 radical (unpaired) electrons. The molecule has 92 valence electrons. The molecule has 0 saturated carbocycles. The number of methoxy groups -OCH3 is 1. The third-order valence-electron chi connectivity index (χ3n) is 2.01. The van der Waals surface area contributed by atoms with Gasteiger partial charge >= 0.3 is 5.97 Å². The van der Waals surface area contributed by atoms with E-state index in [4.69, 9.17) is 16.9 Å². The quantitative estimate of drug-likeness (QED) is 0.275. The van der Waals surface area contributed by atoms with Crippen LogP contribution in [0.25, 0.3) is 6.08 Å². The van der Waals surface area contributed by atoms with Gasteiger partial charge in [-0.3, -0.25) is 10.1 Å². The van der Waals surface area contributed by atoms with Crippen molar-refractivity contribution in [3.05, 3.63) is 44.5 Å². The second kappa shape index (κ2) is 5.80. The van der Waals surface area contributed by atoms with Crippen molar-refractivity contribution in [1.82, 2.24) is 0 Å². The largest absolute Gasteiger partial charge is 0.465 e. The Labute approximate surface area is 107 Å². The molecular formula is C11H7ClN2O4. The number of nitrogens with zero attached hydrogens (tertiary/aromatic N) is 2. The number of carbonyl (C=O) groups is 1. The van der Waals surface area contributed by atoms with Gasteiger partial charge in [0.25, 0.3) is 5.69 Å². The zero-order valence-electron chi connectivity index (χ0n) is 9.21. The maximum absolute atomic E-state index is 11.2. The van der Waals surface area contributed by atoms with Crippen molar-refractivity contribution < 1.29 is 14.5 Å². The third-order valence-corrected chi connectivity index (χ3v) is 2.31. The summed E-state index contributed by atoms with van der Waals surface area (Å²) < 4.78 is 4.40. The van der Waals surface area contributed by atoms with Crippen LogP contribution in [0.2, 0.25) is 5.02 Å². The van der Waals surface area contributed by atoms with Gasteiger partial charge < -0.3 is 4.74 Å². The number of carbonyl (C=O) groups excluding carboxylic acids is 1. The first-order valence-corrected chi connectivity index (χ1v) is 5.01. The molecule has 0 aliphatic heterocycles. The van der Waals surface area contributed by atoms with Crippen molar-refractivity contribution in [1.29, 1.82) is 5.26 Å². The second-order valence-electron chi connectivity index (χ2n) is 3.13. The van der Waals surface area contributed by atoms with Gasteiger partial charge in [-0.2, -0.15) is 5.26 Å². The lowest BCUT2D eigenvalue weighted by Gasteiger charge is -1.99. The van der Waals surface area contributed by atoms with E-state index < -0.39 is 10.9 Å². The number of halogens is 1. The molecule has 0 bridgehead atoms. The molecule has 0 fully saturated rings. The summed E-state index contributed by atoms with van der Waals surface area (Å²) in [5, 5.41) is 19.2. The van der Waals surface area contributed by atoms with Crippen LogP contribution in [-0.2, 0) is 9.53 Å². The average Bonchev–Trinajstić information content (AvgIpc) is 2.34. The lowest BCUT2D eigenvalue weighted by Crippen LogP contribution is -2.02. The molecule has 0 saturated heterocycles. The Morgan fingerprint density at radius 2 is 2.28 bits per heavy atom. The van der Waals surface area contributed by atoms with Crippen molar-refractivity contribution in [3.63, 3.8) is 0 Å². The van der Waals surface area contributed by atoms with Crippen LogP contribution in [0.4, 0.5) is 5.69 Å². The average molecular weight is 267 g/mol. The number of nitro benzene ring substituents is 1. The highest BCUT2D eigenvalue weighted by atomic mass is 35.5. The summed E-state index contributed by atoms with van der Waals surface area (Å²) in [5.41, 5.74) is -0.0691. The number of nitro groups is 1. The van der Waals surface area contributed by atoms with E-state index in [2.05, 4.69) is 4.74 Å². The number of hydrogen-bond donors (Lipinski definition) is 0. The van der Waals surface area contributed by atoms with Gasteiger partial charge in [0.1, 0.15) is 16.7 Å². The summed E-state index contributed by atoms with van der Waals surface area (Å²) in [4.78, 5) is 21.1. The molecular weight excluding hydrogens is 260 g/mol. The SMILES string of the molecule is COC(=O)/C(C#N)=C\c1ccc([N+](=O)[O-])c(Cl)c1. The molecule has 1 rings (SSSR count). The van der Waals surface area contributed by atoms with E-state index >= 15 is 0 Å². The zero-order chi connectivity index (χ0) is 13.7. The summed E-state index contributed by atoms with van der Waals surface area (Å²) in [5.74, 6) is -0.785. The maximum Gasteiger partial charge on any atom is 0.348 e. The highest BCUT2D eigenvalue weighted by molar-refractivity contribution is 6.32. The van der Waals surface area contributed by atoms with Crippen molar-refractivity contribution in [2.45, 2.75) is 0 Å². The molecule has 7 heteroatoms. The molecule has 0 unspecified atom stereocenters. The van der Waals surface area contributed by atoms with Crippen LogP contribution in [0, 0.1) is 21.4 Å². The van der Waals surface area contributed by atoms with Crippen molar-refractivity contribution in [2.24, 2.45) is 0 Å². The standard InChI is InChI=1S/C11H7ClN2O4/c1-18-11(15)8(6-13)4-7-2-3-10(14(16)17)9(12)5-7/h2-5H,1H3/b8-4-. The highest BCUT2D eigenvalue weighted by Crippen LogP contribution is 2.25. The molecule has 0 N–H and O–H groups in total. The van der Waals surface area contributed by atoms with E-state index in [0.717, 1.165) is 7.11 Å². The minimum Gasteiger partial charge on any atom is -0.465 e. The molecule has 6 nitrogen and oxygen atoms in total. The van der Waals surface area contributed by atoms with Crippen LogP contribution in [0.15, 0.2) is 23.8 Å². The Bertz CT molecular complexity index is 575. The molecule has 1 aromatic carbocycles. The van der Waals surface area contributed by atoms with Crippen LogP contribution in [0.5, 0.6) is 0 Å². The molecule has 0 heterocycles. The predicted molar refractivity (Wildman–Crippen MR) is 63.7 cm³/mol. The number of esters is 1. The summed E-state index contributed by atoms with van der Waals surface area (Å²) >= 11 is 5.69. The normalized spacial score (nSPS) is 10.6. The van der Waals surface area contributed by atoms with Gasteiger partial charge in [0.2, 0.25) is 0 Å². The fourth-order valence-electron chi connectivity index (χ4n) is 1.17. The van der Waals surface area contributed by atoms with Crippen LogP contribution in [-0.4, -0.2) is 18.0 Å². The van der Waals surface area contributed by atoms with Gasteiger partial charge in [-0.15, -0.1) is 0 Å². The topological polar surface area (TPSA) is 93.2 Å². The van der Waals surface area contributed by atoms with E-state index in [1.54, 1.807) is 6.07 Å². The van der Waals surface area contributed by atoms with Crippen molar-refractivity contribution >= 4 is 29.3 Å². The fourth-order valence-corrected chi connectivity index (χ4v) is 1.43. The molecule has 1 aromatic rings. The Balaban J connectivity index is 3.17. The Kier molecular flexibility index (Phi) is 4.40. The smallest absolute Gasteiger partial charge is 0.348 e. The summed E-state index contributed by atoms with van der Waals surface area (Å²) in [6.45, 7) is 0. The van der Waals surface area contributed by atoms with Gasteiger partial charge in [0.05, 0.1) is 12.0 Å². The Morgan fingerprint density at radius 1 is 1.61 bits per heavy atom. The summed E-state index contributed by atoms with van der Waals surface area (Å²) in [6.07, 6.45) is 1.24. The van der Waals surface area contributed by atoms with E-state index in [9.17, 15) is 14.9 Å². The van der Waals surface area contributed by atoms with Crippen LogP contribution < -0.4 is 0 Å². The summed E-state index contributed by atoms with van der Waals surface area (Å²) in [6, 6.07) is 5.53. The van der Waals surface area contributed by atoms with Crippen molar-refractivity contribution in [3.8, 4) is 6.07 Å². The molecule has 0 aromatic heterocycles. The predicted octanol–water partition coefficient (Wildman–Crippen LogP) is 2.33. The van der Waals surface area contributed by atoms with Crippen LogP contribution in [0.1, 0.15) is 5.56 Å². The first-order valence-electron chi connectivity index (χ1n) is 4.63. The fraction of sp³-hybridized carbons (Fsp3) is 0.0909. The van der Waals surface area contributed by atoms with Gasteiger partial charge in [0, 0.05) is 6.07 Å². The molecule has 0 aliphatic carbocycles. The highest BCUT2D eigenvalue weighted by Gasteiger charge is 2.13. The molecule has 0 amide bonds. The van der Waals surface area contributed by atoms with E-state index in [1.165, 1.54) is 24.3 Å². The van der Waals surface area contributed by atoms with Crippen LogP contribution >= 0.6 is 11.6 Å². The zero-order valence-corrected chi connectivity index (χ0v) is 9.97. The molecule has 0 spiro atoms. The van der Waals surface area contributed by atoms with Gasteiger partial charge in [-0.05, 0) is 23.8 Å². The van der Waals surface area contributed by atoms with E-state index in [1.807, 2.05) is 0 Å². The van der Waals surface area contributed by atoms with Crippen LogP contribution in [0.3, 0.4) is 0 Å². The first kappa shape index (κ1) is 13.7. The van der Waals surface area contributed by atoms with Gasteiger partial charge in [-0.1, -0.05) is 11.6 Å². The minimum absolute atomic E-state index is 0.0732. The monoisotopic (exact) mass is 266 g/mol. The number of nitriles is 1. The second-order valence-corrected chi connectivity index (χ2v) is 3.54. The van der Waals surface area contributed by atoms with Crippen molar-refractivity contribution in [2.75, 3.05) is 7.11 Å². The van der Waals surface area contributed by atoms with E-state index in [0.29, 0.717) is 5.56 Å². The summed E-state index contributed by atoms with van der Waals surface area (Å²) in [7, 11) is 1.15. The Hall–Kier alpha value is -2.39. The minimum atomic E-state index is -0.785. The maximum atomic E-state index is 11.2. The number of benzene rings is 1. The number of rotatable bonds is 3. The third kappa shape index (κ3) is 3.06. The Morgan fingerprint density at radius 3 is 2.72 bits per heavy atom. The number of hydrogen-bond acceptors (Lipinski definition) is 5. The van der Waals surface area contributed by atoms with Gasteiger partial charge in [0.15, 0.2) is 0 Å². The molecule has 0 aliphatic rings. The number of ether oxygens (including phenoxy) is 1. The lowest BCUT2D eigenvalue weighted by atomic mass is 10.1. The molecule has 0 atom stereocenters. The first-order chi connectivity index (χ1) is 8.49. The van der Waals surface area contributed by atoms with E-state index in [-0.39, 0.29) is 16.3 Å². The molecule has 18 heavy (non-hydrogen) atoms. The lowest BCUT2D eigenvalue weighted by molar-refractivity contribution is -0.384. The van der Waals surface area contributed by atoms with Gasteiger partial charge in [-0.25, -0.2) is 4.79 Å².